The van der Waals surface area contributed by atoms with Gasteiger partial charge in [0.2, 0.25) is 6.29 Å². The van der Waals surface area contributed by atoms with Crippen molar-refractivity contribution in [3.05, 3.63) is 11.7 Å². The molecule has 0 aromatic carbocycles. The summed E-state index contributed by atoms with van der Waals surface area (Å²) in [5.74, 6) is 0.700. The van der Waals surface area contributed by atoms with E-state index in [1.54, 1.807) is 0 Å². The van der Waals surface area contributed by atoms with Crippen molar-refractivity contribution in [2.75, 3.05) is 19.6 Å². The predicted molar refractivity (Wildman–Crippen MR) is 53.7 cm³/mol. The average molecular weight is 209 g/mol. The number of aromatic nitrogens is 2. The Hall–Kier alpha value is -1.23. The second-order valence-corrected chi connectivity index (χ2v) is 3.82. The van der Waals surface area contributed by atoms with Gasteiger partial charge in [0.1, 0.15) is 0 Å². The molecule has 0 aliphatic carbocycles. The molecule has 5 nitrogen and oxygen atoms in total. The minimum Gasteiger partial charge on any atom is -0.331 e. The van der Waals surface area contributed by atoms with Gasteiger partial charge in [-0.3, -0.25) is 4.79 Å². The van der Waals surface area contributed by atoms with Crippen LogP contribution in [0.4, 0.5) is 0 Å². The van der Waals surface area contributed by atoms with Gasteiger partial charge in [-0.1, -0.05) is 11.6 Å². The van der Waals surface area contributed by atoms with Crippen LogP contribution < -0.4 is 0 Å². The van der Waals surface area contributed by atoms with Gasteiger partial charge in [0, 0.05) is 13.0 Å². The van der Waals surface area contributed by atoms with Crippen LogP contribution in [0.1, 0.15) is 35.8 Å². The first-order valence-corrected chi connectivity index (χ1v) is 5.38. The maximum atomic E-state index is 10.3. The molecule has 1 aliphatic rings. The molecule has 5 heteroatoms. The lowest BCUT2D eigenvalue weighted by atomic mass is 10.1. The molecule has 0 atom stereocenters. The second-order valence-electron chi connectivity index (χ2n) is 3.82. The number of aldehydes is 1. The predicted octanol–water partition coefficient (Wildman–Crippen LogP) is 0.911. The topological polar surface area (TPSA) is 59.2 Å². The summed E-state index contributed by atoms with van der Waals surface area (Å²) in [5, 5.41) is 3.73. The Morgan fingerprint density at radius 2 is 2.13 bits per heavy atom. The molecule has 0 saturated carbocycles. The summed E-state index contributed by atoms with van der Waals surface area (Å²) >= 11 is 0. The quantitative estimate of drug-likeness (QED) is 0.690. The average Bonchev–Trinajstić information content (AvgIpc) is 2.76. The Morgan fingerprint density at radius 3 is 2.80 bits per heavy atom. The molecule has 0 amide bonds. The van der Waals surface area contributed by atoms with E-state index in [4.69, 9.17) is 4.52 Å². The molecule has 1 fully saturated rings. The standard InChI is InChI=1S/C10H15N3O2/c14-8-10-11-9(12-15-10)4-7-13-5-2-1-3-6-13/h8H,1-7H2. The van der Waals surface area contributed by atoms with E-state index in [1.165, 1.54) is 32.4 Å². The van der Waals surface area contributed by atoms with Gasteiger partial charge in [-0.15, -0.1) is 0 Å². The lowest BCUT2D eigenvalue weighted by Crippen LogP contribution is -2.31. The van der Waals surface area contributed by atoms with Crippen molar-refractivity contribution in [1.82, 2.24) is 15.0 Å². The molecular formula is C10H15N3O2. The fraction of sp³-hybridized carbons (Fsp3) is 0.700. The van der Waals surface area contributed by atoms with Gasteiger partial charge in [0.25, 0.3) is 5.89 Å². The van der Waals surface area contributed by atoms with Crippen LogP contribution in [0.15, 0.2) is 4.52 Å². The van der Waals surface area contributed by atoms with Gasteiger partial charge in [-0.2, -0.15) is 4.98 Å². The number of hydrogen-bond donors (Lipinski definition) is 0. The number of nitrogens with zero attached hydrogens (tertiary/aromatic N) is 3. The molecule has 15 heavy (non-hydrogen) atoms. The van der Waals surface area contributed by atoms with Gasteiger partial charge in [-0.05, 0) is 25.9 Å². The monoisotopic (exact) mass is 209 g/mol. The van der Waals surface area contributed by atoms with Gasteiger partial charge >= 0.3 is 0 Å². The largest absolute Gasteiger partial charge is 0.331 e. The van der Waals surface area contributed by atoms with E-state index in [2.05, 4.69) is 15.0 Å². The highest BCUT2D eigenvalue weighted by molar-refractivity contribution is 5.66. The highest BCUT2D eigenvalue weighted by Crippen LogP contribution is 2.08. The summed E-state index contributed by atoms with van der Waals surface area (Å²) in [5.41, 5.74) is 0. The zero-order valence-corrected chi connectivity index (χ0v) is 8.69. The summed E-state index contributed by atoms with van der Waals surface area (Å²) < 4.78 is 4.71. The zero-order chi connectivity index (χ0) is 10.5. The molecule has 1 aromatic rings. The van der Waals surface area contributed by atoms with Crippen molar-refractivity contribution in [2.45, 2.75) is 25.7 Å². The molecule has 1 aromatic heterocycles. The van der Waals surface area contributed by atoms with Gasteiger partial charge in [-0.25, -0.2) is 0 Å². The summed E-state index contributed by atoms with van der Waals surface area (Å²) in [6.45, 7) is 3.29. The van der Waals surface area contributed by atoms with E-state index in [-0.39, 0.29) is 5.89 Å². The molecule has 0 bridgehead atoms. The number of hydrogen-bond acceptors (Lipinski definition) is 5. The Balaban J connectivity index is 1.79. The number of carbonyl (C=O) groups is 1. The third kappa shape index (κ3) is 2.86. The lowest BCUT2D eigenvalue weighted by Gasteiger charge is -2.25. The molecule has 0 spiro atoms. The molecule has 2 heterocycles. The summed E-state index contributed by atoms with van der Waals surface area (Å²) in [6.07, 6.45) is 5.25. The number of piperidine rings is 1. The van der Waals surface area contributed by atoms with Crippen molar-refractivity contribution in [3.8, 4) is 0 Å². The van der Waals surface area contributed by atoms with E-state index < -0.39 is 0 Å². The molecule has 82 valence electrons. The highest BCUT2D eigenvalue weighted by Gasteiger charge is 2.11. The van der Waals surface area contributed by atoms with Gasteiger partial charge < -0.3 is 9.42 Å². The Morgan fingerprint density at radius 1 is 1.33 bits per heavy atom. The van der Waals surface area contributed by atoms with Crippen molar-refractivity contribution in [3.63, 3.8) is 0 Å². The highest BCUT2D eigenvalue weighted by atomic mass is 16.5. The van der Waals surface area contributed by atoms with Crippen LogP contribution in [0, 0.1) is 0 Å². The summed E-state index contributed by atoms with van der Waals surface area (Å²) in [7, 11) is 0. The molecule has 0 unspecified atom stereocenters. The third-order valence-electron chi connectivity index (χ3n) is 2.68. The minimum atomic E-state index is 0.0728. The minimum absolute atomic E-state index is 0.0728. The van der Waals surface area contributed by atoms with Crippen LogP contribution >= 0.6 is 0 Å². The zero-order valence-electron chi connectivity index (χ0n) is 8.69. The van der Waals surface area contributed by atoms with Crippen molar-refractivity contribution in [1.29, 1.82) is 0 Å². The number of likely N-dealkylation sites (tertiary alicyclic amines) is 1. The maximum Gasteiger partial charge on any atom is 0.290 e. The molecular weight excluding hydrogens is 194 g/mol. The first-order chi connectivity index (χ1) is 7.38. The van der Waals surface area contributed by atoms with Crippen LogP contribution in [0.3, 0.4) is 0 Å². The molecule has 2 rings (SSSR count). The van der Waals surface area contributed by atoms with Crippen LogP contribution in [-0.2, 0) is 6.42 Å². The first kappa shape index (κ1) is 10.3. The van der Waals surface area contributed by atoms with Crippen molar-refractivity contribution < 1.29 is 9.32 Å². The van der Waals surface area contributed by atoms with Crippen LogP contribution in [0.25, 0.3) is 0 Å². The maximum absolute atomic E-state index is 10.3. The van der Waals surface area contributed by atoms with E-state index >= 15 is 0 Å². The molecule has 0 radical (unpaired) electrons. The summed E-state index contributed by atoms with van der Waals surface area (Å²) in [6, 6.07) is 0. The van der Waals surface area contributed by atoms with Crippen LogP contribution in [0.5, 0.6) is 0 Å². The molecule has 1 aliphatic heterocycles. The number of rotatable bonds is 4. The van der Waals surface area contributed by atoms with E-state index in [0.29, 0.717) is 12.1 Å². The van der Waals surface area contributed by atoms with Gasteiger partial charge in [0.15, 0.2) is 5.82 Å². The van der Waals surface area contributed by atoms with Crippen molar-refractivity contribution >= 4 is 6.29 Å². The fourth-order valence-electron chi connectivity index (χ4n) is 1.86. The van der Waals surface area contributed by atoms with E-state index in [9.17, 15) is 4.79 Å². The van der Waals surface area contributed by atoms with Crippen LogP contribution in [0.2, 0.25) is 0 Å². The van der Waals surface area contributed by atoms with E-state index in [1.807, 2.05) is 0 Å². The van der Waals surface area contributed by atoms with Crippen molar-refractivity contribution in [2.24, 2.45) is 0 Å². The van der Waals surface area contributed by atoms with Crippen LogP contribution in [-0.4, -0.2) is 41.0 Å². The molecule has 0 N–H and O–H groups in total. The fourth-order valence-corrected chi connectivity index (χ4v) is 1.86. The number of carbonyl (C=O) groups excluding carboxylic acids is 1. The Kier molecular flexibility index (Phi) is 3.45. The van der Waals surface area contributed by atoms with E-state index in [0.717, 1.165) is 13.0 Å². The summed E-state index contributed by atoms with van der Waals surface area (Å²) in [4.78, 5) is 16.7. The third-order valence-corrected chi connectivity index (χ3v) is 2.68. The molecule has 1 saturated heterocycles. The first-order valence-electron chi connectivity index (χ1n) is 5.38. The Bertz CT molecular complexity index is 318. The lowest BCUT2D eigenvalue weighted by molar-refractivity contribution is 0.108. The second kappa shape index (κ2) is 5.02. The smallest absolute Gasteiger partial charge is 0.290 e. The normalized spacial score (nSPS) is 17.9. The van der Waals surface area contributed by atoms with Gasteiger partial charge in [0.05, 0.1) is 0 Å². The Labute approximate surface area is 88.5 Å². The SMILES string of the molecule is O=Cc1nc(CCN2CCCCC2)no1.